The van der Waals surface area contributed by atoms with Gasteiger partial charge in [0.1, 0.15) is 18.1 Å². The molecule has 0 saturated carbocycles. The van der Waals surface area contributed by atoms with Gasteiger partial charge in [-0.25, -0.2) is 0 Å². The highest BCUT2D eigenvalue weighted by atomic mass is 35.5. The fraction of sp³-hybridized carbons (Fsp3) is 0.250. The molecule has 1 heterocycles. The summed E-state index contributed by atoms with van der Waals surface area (Å²) < 4.78 is 12.8. The number of para-hydroxylation sites is 1. The molecule has 0 fully saturated rings. The summed E-state index contributed by atoms with van der Waals surface area (Å²) >= 11 is 13.5. The van der Waals surface area contributed by atoms with E-state index in [1.165, 1.54) is 11.8 Å². The van der Waals surface area contributed by atoms with Crippen molar-refractivity contribution in [1.29, 1.82) is 0 Å². The molecule has 0 spiro atoms. The summed E-state index contributed by atoms with van der Waals surface area (Å²) in [5.74, 6) is 2.03. The van der Waals surface area contributed by atoms with Gasteiger partial charge in [0.25, 0.3) is 0 Å². The van der Waals surface area contributed by atoms with E-state index in [0.717, 1.165) is 5.75 Å². The van der Waals surface area contributed by atoms with Crippen LogP contribution < -0.4 is 14.8 Å². The largest absolute Gasteiger partial charge is 0.497 e. The molecule has 0 aliphatic carbocycles. The molecule has 0 saturated heterocycles. The lowest BCUT2D eigenvalue weighted by atomic mass is 10.3. The van der Waals surface area contributed by atoms with Gasteiger partial charge in [0.15, 0.2) is 11.0 Å². The summed E-state index contributed by atoms with van der Waals surface area (Å²) in [6.07, 6.45) is 0. The van der Waals surface area contributed by atoms with E-state index in [2.05, 4.69) is 15.5 Å². The standard InChI is InChI=1S/C20H20Cl2N4O3S/c1-3-26-17(11-29-14-9-7-13(28-2)8-10-14)24-25-20(26)30-12-18(27)23-19-15(21)5-4-6-16(19)22/h4-10H,3,11-12H2,1-2H3,(H,23,27). The van der Waals surface area contributed by atoms with Crippen LogP contribution in [0.25, 0.3) is 0 Å². The number of carbonyl (C=O) groups excluding carboxylic acids is 1. The number of amides is 1. The number of hydrogen-bond acceptors (Lipinski definition) is 6. The number of halogens is 2. The highest BCUT2D eigenvalue weighted by molar-refractivity contribution is 7.99. The van der Waals surface area contributed by atoms with Crippen LogP contribution in [0.4, 0.5) is 5.69 Å². The van der Waals surface area contributed by atoms with Gasteiger partial charge in [0.05, 0.1) is 28.6 Å². The lowest BCUT2D eigenvalue weighted by Gasteiger charge is -2.10. The first-order valence-corrected chi connectivity index (χ1v) is 10.8. The van der Waals surface area contributed by atoms with Crippen LogP contribution >= 0.6 is 35.0 Å². The van der Waals surface area contributed by atoms with Crippen molar-refractivity contribution in [2.45, 2.75) is 25.2 Å². The molecule has 0 atom stereocenters. The van der Waals surface area contributed by atoms with E-state index < -0.39 is 0 Å². The van der Waals surface area contributed by atoms with Gasteiger partial charge < -0.3 is 19.4 Å². The van der Waals surface area contributed by atoms with E-state index in [0.29, 0.717) is 39.0 Å². The summed E-state index contributed by atoms with van der Waals surface area (Å²) in [7, 11) is 1.61. The number of ether oxygens (including phenoxy) is 2. The van der Waals surface area contributed by atoms with Gasteiger partial charge >= 0.3 is 0 Å². The fourth-order valence-electron chi connectivity index (χ4n) is 2.59. The van der Waals surface area contributed by atoms with Gasteiger partial charge in [-0.15, -0.1) is 10.2 Å². The molecule has 1 aromatic heterocycles. The monoisotopic (exact) mass is 466 g/mol. The maximum Gasteiger partial charge on any atom is 0.234 e. The first-order valence-electron chi connectivity index (χ1n) is 9.07. The SMILES string of the molecule is CCn1c(COc2ccc(OC)cc2)nnc1SCC(=O)Nc1c(Cl)cccc1Cl. The number of aromatic nitrogens is 3. The fourth-order valence-corrected chi connectivity index (χ4v) is 3.91. The van der Waals surface area contributed by atoms with E-state index in [9.17, 15) is 4.79 Å². The minimum atomic E-state index is -0.239. The summed E-state index contributed by atoms with van der Waals surface area (Å²) in [6.45, 7) is 2.89. The van der Waals surface area contributed by atoms with Gasteiger partial charge in [0.2, 0.25) is 5.91 Å². The Hall–Kier alpha value is -2.42. The van der Waals surface area contributed by atoms with Gasteiger partial charge in [-0.2, -0.15) is 0 Å². The van der Waals surface area contributed by atoms with Gasteiger partial charge in [-0.1, -0.05) is 41.0 Å². The second-order valence-corrected chi connectivity index (χ2v) is 7.80. The van der Waals surface area contributed by atoms with Gasteiger partial charge in [0, 0.05) is 6.54 Å². The molecule has 10 heteroatoms. The maximum absolute atomic E-state index is 12.3. The molecular formula is C20H20Cl2N4O3S. The van der Waals surface area contributed by atoms with Crippen LogP contribution in [0.2, 0.25) is 10.0 Å². The molecule has 0 unspecified atom stereocenters. The molecule has 0 radical (unpaired) electrons. The van der Waals surface area contributed by atoms with Gasteiger partial charge in [-0.3, -0.25) is 4.79 Å². The highest BCUT2D eigenvalue weighted by Gasteiger charge is 2.15. The van der Waals surface area contributed by atoms with E-state index >= 15 is 0 Å². The van der Waals surface area contributed by atoms with Crippen LogP contribution in [0.3, 0.4) is 0 Å². The molecule has 3 aromatic rings. The molecule has 7 nitrogen and oxygen atoms in total. The van der Waals surface area contributed by atoms with Crippen LogP contribution in [-0.4, -0.2) is 33.5 Å². The number of methoxy groups -OCH3 is 1. The van der Waals surface area contributed by atoms with Crippen LogP contribution in [0, 0.1) is 0 Å². The summed E-state index contributed by atoms with van der Waals surface area (Å²) in [6, 6.07) is 12.3. The predicted molar refractivity (Wildman–Crippen MR) is 119 cm³/mol. The van der Waals surface area contributed by atoms with Crippen molar-refractivity contribution in [2.75, 3.05) is 18.2 Å². The maximum atomic E-state index is 12.3. The van der Waals surface area contributed by atoms with E-state index in [1.807, 2.05) is 35.8 Å². The van der Waals surface area contributed by atoms with Crippen LogP contribution in [0.1, 0.15) is 12.7 Å². The number of rotatable bonds is 9. The van der Waals surface area contributed by atoms with Crippen LogP contribution in [-0.2, 0) is 17.9 Å². The molecule has 0 aliphatic heterocycles. The number of hydrogen-bond donors (Lipinski definition) is 1. The Morgan fingerprint density at radius 2 is 1.77 bits per heavy atom. The number of nitrogens with zero attached hydrogens (tertiary/aromatic N) is 3. The summed E-state index contributed by atoms with van der Waals surface area (Å²) in [5, 5.41) is 12.5. The van der Waals surface area contributed by atoms with Gasteiger partial charge in [-0.05, 0) is 43.3 Å². The van der Waals surface area contributed by atoms with Crippen molar-refractivity contribution in [3.05, 3.63) is 58.3 Å². The van der Waals surface area contributed by atoms with Crippen molar-refractivity contribution in [1.82, 2.24) is 14.8 Å². The topological polar surface area (TPSA) is 78.3 Å². The molecule has 2 aromatic carbocycles. The first-order chi connectivity index (χ1) is 14.5. The lowest BCUT2D eigenvalue weighted by Crippen LogP contribution is -2.15. The predicted octanol–water partition coefficient (Wildman–Crippen LogP) is 4.92. The van der Waals surface area contributed by atoms with Crippen molar-refractivity contribution >= 4 is 46.6 Å². The van der Waals surface area contributed by atoms with Crippen molar-refractivity contribution in [3.63, 3.8) is 0 Å². The number of thioether (sulfide) groups is 1. The zero-order chi connectivity index (χ0) is 21.5. The molecule has 1 N–H and O–H groups in total. The average Bonchev–Trinajstić information content (AvgIpc) is 3.15. The smallest absolute Gasteiger partial charge is 0.234 e. The number of carbonyl (C=O) groups is 1. The Morgan fingerprint density at radius 1 is 1.10 bits per heavy atom. The average molecular weight is 467 g/mol. The number of anilines is 1. The lowest BCUT2D eigenvalue weighted by molar-refractivity contribution is -0.113. The molecule has 158 valence electrons. The third-order valence-electron chi connectivity index (χ3n) is 4.10. The van der Waals surface area contributed by atoms with Crippen LogP contribution in [0.5, 0.6) is 11.5 Å². The quantitative estimate of drug-likeness (QED) is 0.450. The molecule has 3 rings (SSSR count). The first kappa shape index (κ1) is 22.3. The molecular weight excluding hydrogens is 447 g/mol. The summed E-state index contributed by atoms with van der Waals surface area (Å²) in [5.41, 5.74) is 0.400. The van der Waals surface area contributed by atoms with E-state index in [-0.39, 0.29) is 18.3 Å². The second kappa shape index (κ2) is 10.6. The molecule has 30 heavy (non-hydrogen) atoms. The Balaban J connectivity index is 1.58. The Labute approximate surface area is 188 Å². The van der Waals surface area contributed by atoms with E-state index in [1.54, 1.807) is 25.3 Å². The zero-order valence-corrected chi connectivity index (χ0v) is 18.7. The molecule has 1 amide bonds. The Morgan fingerprint density at radius 3 is 2.40 bits per heavy atom. The Kier molecular flexibility index (Phi) is 7.84. The zero-order valence-electron chi connectivity index (χ0n) is 16.4. The third-order valence-corrected chi connectivity index (χ3v) is 5.69. The molecule has 0 aliphatic rings. The third kappa shape index (κ3) is 5.59. The normalized spacial score (nSPS) is 10.7. The number of nitrogens with one attached hydrogen (secondary N) is 1. The van der Waals surface area contributed by atoms with Crippen molar-refractivity contribution in [3.8, 4) is 11.5 Å². The molecule has 0 bridgehead atoms. The number of benzene rings is 2. The second-order valence-electron chi connectivity index (χ2n) is 6.04. The highest BCUT2D eigenvalue weighted by Crippen LogP contribution is 2.30. The Bertz CT molecular complexity index is 992. The minimum absolute atomic E-state index is 0.138. The van der Waals surface area contributed by atoms with Crippen LogP contribution in [0.15, 0.2) is 47.6 Å². The van der Waals surface area contributed by atoms with Crippen molar-refractivity contribution < 1.29 is 14.3 Å². The van der Waals surface area contributed by atoms with Crippen molar-refractivity contribution in [2.24, 2.45) is 0 Å². The minimum Gasteiger partial charge on any atom is -0.497 e. The van der Waals surface area contributed by atoms with E-state index in [4.69, 9.17) is 32.7 Å². The summed E-state index contributed by atoms with van der Waals surface area (Å²) in [4.78, 5) is 12.3.